The molecule has 30 heavy (non-hydrogen) atoms. The summed E-state index contributed by atoms with van der Waals surface area (Å²) in [5.41, 5.74) is 3.13. The molecule has 6 heteroatoms. The summed E-state index contributed by atoms with van der Waals surface area (Å²) >= 11 is 0. The Morgan fingerprint density at radius 3 is 2.43 bits per heavy atom. The number of ether oxygens (including phenoxy) is 1. The zero-order valence-corrected chi connectivity index (χ0v) is 18.1. The van der Waals surface area contributed by atoms with Gasteiger partial charge in [0.1, 0.15) is 6.04 Å². The number of hydrogen-bond donors (Lipinski definition) is 1. The van der Waals surface area contributed by atoms with E-state index >= 15 is 0 Å². The Kier molecular flexibility index (Phi) is 8.16. The number of nitrogens with one attached hydrogen (secondary N) is 1. The summed E-state index contributed by atoms with van der Waals surface area (Å²) in [7, 11) is 0. The number of carbonyl (C=O) groups is 3. The first-order valence-corrected chi connectivity index (χ1v) is 10.0. The second-order valence-corrected chi connectivity index (χ2v) is 7.67. The number of Topliss-reactive ketones (excluding diaryl/α,β-unsaturated/α-hetero) is 1. The monoisotopic (exact) mass is 410 g/mol. The van der Waals surface area contributed by atoms with Crippen molar-refractivity contribution in [2.75, 3.05) is 6.61 Å². The van der Waals surface area contributed by atoms with E-state index in [-0.39, 0.29) is 30.6 Å². The van der Waals surface area contributed by atoms with Gasteiger partial charge >= 0.3 is 5.97 Å². The number of nitrogens with zero attached hydrogens (tertiary/aromatic N) is 1. The van der Waals surface area contributed by atoms with Gasteiger partial charge in [-0.2, -0.15) is 0 Å². The quantitative estimate of drug-likeness (QED) is 0.370. The molecular weight excluding hydrogens is 380 g/mol. The summed E-state index contributed by atoms with van der Waals surface area (Å²) < 4.78 is 7.24. The van der Waals surface area contributed by atoms with Gasteiger partial charge in [-0.05, 0) is 31.4 Å². The molecule has 1 amide bonds. The molecular formula is C24H30N2O4. The maximum Gasteiger partial charge on any atom is 0.329 e. The van der Waals surface area contributed by atoms with Crippen LogP contribution in [0, 0.1) is 19.8 Å². The van der Waals surface area contributed by atoms with Gasteiger partial charge in [0.05, 0.1) is 6.42 Å². The maximum atomic E-state index is 12.6. The lowest BCUT2D eigenvalue weighted by atomic mass is 10.0. The van der Waals surface area contributed by atoms with Crippen LogP contribution in [-0.4, -0.2) is 34.9 Å². The van der Waals surface area contributed by atoms with E-state index in [2.05, 4.69) is 11.9 Å². The molecule has 1 aromatic heterocycles. The van der Waals surface area contributed by atoms with E-state index in [1.807, 2.05) is 62.6 Å². The third kappa shape index (κ3) is 5.92. The van der Waals surface area contributed by atoms with E-state index in [4.69, 9.17) is 4.74 Å². The summed E-state index contributed by atoms with van der Waals surface area (Å²) in [6, 6.07) is 10.3. The van der Waals surface area contributed by atoms with Crippen molar-refractivity contribution in [1.82, 2.24) is 9.88 Å². The highest BCUT2D eigenvalue weighted by Crippen LogP contribution is 2.16. The van der Waals surface area contributed by atoms with Gasteiger partial charge in [-0.1, -0.05) is 50.3 Å². The number of aromatic nitrogens is 1. The Morgan fingerprint density at radius 1 is 1.17 bits per heavy atom. The number of allylic oxidation sites excluding steroid dienone is 1. The van der Waals surface area contributed by atoms with Crippen LogP contribution in [-0.2, 0) is 27.3 Å². The fraction of sp³-hybridized carbons (Fsp3) is 0.375. The van der Waals surface area contributed by atoms with Crippen molar-refractivity contribution in [3.63, 3.8) is 0 Å². The smallest absolute Gasteiger partial charge is 0.329 e. The minimum Gasteiger partial charge on any atom is -0.456 e. The van der Waals surface area contributed by atoms with Crippen molar-refractivity contribution in [3.8, 4) is 0 Å². The number of hydrogen-bond acceptors (Lipinski definition) is 4. The third-order valence-electron chi connectivity index (χ3n) is 4.98. The van der Waals surface area contributed by atoms with Crippen molar-refractivity contribution >= 4 is 17.7 Å². The molecule has 2 rings (SSSR count). The highest BCUT2D eigenvalue weighted by atomic mass is 16.5. The summed E-state index contributed by atoms with van der Waals surface area (Å²) in [4.78, 5) is 37.5. The number of carbonyl (C=O) groups excluding carboxylic acids is 3. The van der Waals surface area contributed by atoms with Crippen LogP contribution in [0.15, 0.2) is 49.1 Å². The van der Waals surface area contributed by atoms with E-state index in [0.29, 0.717) is 12.1 Å². The molecule has 0 spiro atoms. The van der Waals surface area contributed by atoms with Crippen LogP contribution >= 0.6 is 0 Å². The van der Waals surface area contributed by atoms with E-state index in [0.717, 1.165) is 17.0 Å². The van der Waals surface area contributed by atoms with Gasteiger partial charge in [-0.3, -0.25) is 9.59 Å². The van der Waals surface area contributed by atoms with Crippen molar-refractivity contribution in [2.24, 2.45) is 5.92 Å². The van der Waals surface area contributed by atoms with Crippen molar-refractivity contribution in [2.45, 2.75) is 46.7 Å². The normalized spacial score (nSPS) is 11.8. The molecule has 160 valence electrons. The second-order valence-electron chi connectivity index (χ2n) is 7.67. The molecule has 0 bridgehead atoms. The number of ketones is 1. The van der Waals surface area contributed by atoms with Gasteiger partial charge < -0.3 is 14.6 Å². The number of aryl methyl sites for hydroxylation is 1. The molecule has 0 fully saturated rings. The summed E-state index contributed by atoms with van der Waals surface area (Å²) in [5, 5.41) is 2.73. The van der Waals surface area contributed by atoms with Crippen LogP contribution in [0.25, 0.3) is 0 Å². The Hall–Kier alpha value is -3.15. The average Bonchev–Trinajstić information content (AvgIpc) is 2.99. The Bertz CT molecular complexity index is 913. The topological polar surface area (TPSA) is 77.4 Å². The molecule has 1 heterocycles. The fourth-order valence-electron chi connectivity index (χ4n) is 3.30. The number of benzene rings is 1. The molecule has 1 aromatic carbocycles. The van der Waals surface area contributed by atoms with Crippen LogP contribution in [0.4, 0.5) is 0 Å². The standard InChI is InChI=1S/C24H30N2O4/c1-6-12-26-17(4)13-20(18(26)5)21(27)15-30-24(29)23(16(2)3)25-22(28)14-19-10-8-7-9-11-19/h6-11,13,16,23H,1,12,14-15H2,2-5H3,(H,25,28)/t23-/m0/s1. The second kappa shape index (κ2) is 10.6. The molecule has 0 saturated carbocycles. The van der Waals surface area contributed by atoms with Gasteiger partial charge in [0.2, 0.25) is 11.7 Å². The van der Waals surface area contributed by atoms with E-state index in [1.165, 1.54) is 0 Å². The molecule has 0 aliphatic rings. The molecule has 0 saturated heterocycles. The minimum atomic E-state index is -0.817. The Morgan fingerprint density at radius 2 is 1.83 bits per heavy atom. The first-order chi connectivity index (χ1) is 14.2. The fourth-order valence-corrected chi connectivity index (χ4v) is 3.30. The molecule has 1 N–H and O–H groups in total. The number of esters is 1. The SMILES string of the molecule is C=CCn1c(C)cc(C(=O)COC(=O)[C@@H](NC(=O)Cc2ccccc2)C(C)C)c1C. The molecule has 0 unspecified atom stereocenters. The predicted octanol–water partition coefficient (Wildman–Crippen LogP) is 3.40. The van der Waals surface area contributed by atoms with Crippen LogP contribution in [0.2, 0.25) is 0 Å². The first kappa shape index (κ1) is 23.1. The van der Waals surface area contributed by atoms with Gasteiger partial charge in [-0.15, -0.1) is 6.58 Å². The van der Waals surface area contributed by atoms with Crippen molar-refractivity contribution in [3.05, 3.63) is 71.6 Å². The predicted molar refractivity (Wildman–Crippen MR) is 116 cm³/mol. The van der Waals surface area contributed by atoms with Crippen LogP contribution < -0.4 is 5.32 Å². The van der Waals surface area contributed by atoms with E-state index in [1.54, 1.807) is 12.1 Å². The number of rotatable bonds is 10. The Labute approximate surface area is 177 Å². The largest absolute Gasteiger partial charge is 0.456 e. The van der Waals surface area contributed by atoms with Gasteiger partial charge in [0, 0.05) is 23.5 Å². The van der Waals surface area contributed by atoms with Crippen LogP contribution in [0.1, 0.15) is 41.2 Å². The molecule has 6 nitrogen and oxygen atoms in total. The minimum absolute atomic E-state index is 0.172. The summed E-state index contributed by atoms with van der Waals surface area (Å²) in [6.07, 6.45) is 1.94. The van der Waals surface area contributed by atoms with Gasteiger partial charge in [0.25, 0.3) is 0 Å². The van der Waals surface area contributed by atoms with Crippen LogP contribution in [0.3, 0.4) is 0 Å². The lowest BCUT2D eigenvalue weighted by molar-refractivity contribution is -0.148. The molecule has 1 atom stereocenters. The summed E-state index contributed by atoms with van der Waals surface area (Å²) in [6.45, 7) is 11.4. The summed E-state index contributed by atoms with van der Waals surface area (Å²) in [5.74, 6) is -1.33. The molecule has 0 aliphatic carbocycles. The van der Waals surface area contributed by atoms with Gasteiger partial charge in [-0.25, -0.2) is 4.79 Å². The zero-order valence-electron chi connectivity index (χ0n) is 18.1. The van der Waals surface area contributed by atoms with Crippen molar-refractivity contribution < 1.29 is 19.1 Å². The molecule has 2 aromatic rings. The highest BCUT2D eigenvalue weighted by Gasteiger charge is 2.27. The average molecular weight is 411 g/mol. The molecule has 0 aliphatic heterocycles. The lowest BCUT2D eigenvalue weighted by Crippen LogP contribution is -2.46. The van der Waals surface area contributed by atoms with Gasteiger partial charge in [0.15, 0.2) is 6.61 Å². The maximum absolute atomic E-state index is 12.6. The van der Waals surface area contributed by atoms with E-state index in [9.17, 15) is 14.4 Å². The highest BCUT2D eigenvalue weighted by molar-refractivity contribution is 5.99. The zero-order chi connectivity index (χ0) is 22.3. The van der Waals surface area contributed by atoms with Crippen molar-refractivity contribution in [1.29, 1.82) is 0 Å². The van der Waals surface area contributed by atoms with Crippen LogP contribution in [0.5, 0.6) is 0 Å². The molecule has 0 radical (unpaired) electrons. The number of amides is 1. The third-order valence-corrected chi connectivity index (χ3v) is 4.98. The Balaban J connectivity index is 1.98. The lowest BCUT2D eigenvalue weighted by Gasteiger charge is -2.20. The first-order valence-electron chi connectivity index (χ1n) is 10.0. The van der Waals surface area contributed by atoms with E-state index < -0.39 is 12.0 Å².